The highest BCUT2D eigenvalue weighted by molar-refractivity contribution is 6.00. The number of nitrogens with zero attached hydrogens (tertiary/aromatic N) is 2. The SMILES string of the molecule is CC/C(=C(/c1ccc(/C=C/C(=O)O)cc1)c1ccc2[nH]ncc2c1)c1ccc(N(C)C)cc1. The topological polar surface area (TPSA) is 69.2 Å². The van der Waals surface area contributed by atoms with Gasteiger partial charge in [0.25, 0.3) is 0 Å². The molecular weight excluding hydrogens is 410 g/mol. The average molecular weight is 438 g/mol. The van der Waals surface area contributed by atoms with Crippen LogP contribution in [0.25, 0.3) is 28.1 Å². The second-order valence-electron chi connectivity index (χ2n) is 8.11. The number of nitrogens with one attached hydrogen (secondary N) is 1. The van der Waals surface area contributed by atoms with E-state index in [1.165, 1.54) is 11.1 Å². The van der Waals surface area contributed by atoms with E-state index in [4.69, 9.17) is 5.11 Å². The molecule has 0 amide bonds. The number of carbonyl (C=O) groups is 1. The zero-order chi connectivity index (χ0) is 23.4. The molecule has 0 atom stereocenters. The van der Waals surface area contributed by atoms with Crippen molar-refractivity contribution in [3.8, 4) is 0 Å². The van der Waals surface area contributed by atoms with Gasteiger partial charge in [0.05, 0.1) is 11.7 Å². The molecule has 1 heterocycles. The number of carboxylic acids is 1. The first-order valence-corrected chi connectivity index (χ1v) is 10.9. The number of H-pyrrole nitrogens is 1. The average Bonchev–Trinajstić information content (AvgIpc) is 3.29. The molecule has 0 aliphatic heterocycles. The molecule has 0 radical (unpaired) electrons. The van der Waals surface area contributed by atoms with E-state index in [9.17, 15) is 4.79 Å². The Hall–Kier alpha value is -4.12. The van der Waals surface area contributed by atoms with Crippen molar-refractivity contribution in [3.05, 3.63) is 101 Å². The van der Waals surface area contributed by atoms with E-state index in [0.717, 1.165) is 51.4 Å². The number of carboxylic acid groups (broad SMARTS) is 1. The van der Waals surface area contributed by atoms with Crippen LogP contribution in [0.5, 0.6) is 0 Å². The highest BCUT2D eigenvalue weighted by atomic mass is 16.4. The van der Waals surface area contributed by atoms with Gasteiger partial charge in [0.2, 0.25) is 0 Å². The number of anilines is 1. The minimum absolute atomic E-state index is 0.846. The summed E-state index contributed by atoms with van der Waals surface area (Å²) in [7, 11) is 4.08. The van der Waals surface area contributed by atoms with E-state index in [1.807, 2.05) is 32.4 Å². The van der Waals surface area contributed by atoms with Crippen LogP contribution >= 0.6 is 0 Å². The van der Waals surface area contributed by atoms with Crippen LogP contribution in [0.3, 0.4) is 0 Å². The van der Waals surface area contributed by atoms with Crippen molar-refractivity contribution in [3.63, 3.8) is 0 Å². The fourth-order valence-electron chi connectivity index (χ4n) is 4.03. The van der Waals surface area contributed by atoms with Gasteiger partial charge in [-0.3, -0.25) is 5.10 Å². The van der Waals surface area contributed by atoms with Gasteiger partial charge in [-0.1, -0.05) is 49.4 Å². The van der Waals surface area contributed by atoms with Gasteiger partial charge in [-0.05, 0) is 70.2 Å². The molecule has 166 valence electrons. The lowest BCUT2D eigenvalue weighted by Gasteiger charge is -2.18. The lowest BCUT2D eigenvalue weighted by molar-refractivity contribution is -0.131. The summed E-state index contributed by atoms with van der Waals surface area (Å²) in [5, 5.41) is 17.2. The molecule has 0 saturated carbocycles. The van der Waals surface area contributed by atoms with E-state index < -0.39 is 5.97 Å². The van der Waals surface area contributed by atoms with Gasteiger partial charge in [-0.15, -0.1) is 0 Å². The fourth-order valence-corrected chi connectivity index (χ4v) is 4.03. The fraction of sp³-hybridized carbons (Fsp3) is 0.143. The zero-order valence-corrected chi connectivity index (χ0v) is 19.0. The lowest BCUT2D eigenvalue weighted by atomic mass is 9.87. The highest BCUT2D eigenvalue weighted by Gasteiger charge is 2.14. The molecule has 0 spiro atoms. The number of aliphatic carboxylic acids is 1. The van der Waals surface area contributed by atoms with Crippen molar-refractivity contribution in [2.24, 2.45) is 0 Å². The Morgan fingerprint density at radius 1 is 0.970 bits per heavy atom. The molecule has 0 fully saturated rings. The Kier molecular flexibility index (Phi) is 6.41. The van der Waals surface area contributed by atoms with Crippen LogP contribution in [-0.2, 0) is 4.79 Å². The number of benzene rings is 3. The quantitative estimate of drug-likeness (QED) is 0.271. The molecule has 33 heavy (non-hydrogen) atoms. The first kappa shape index (κ1) is 22.1. The normalized spacial score (nSPS) is 12.2. The second-order valence-corrected chi connectivity index (χ2v) is 8.11. The second kappa shape index (κ2) is 9.57. The summed E-state index contributed by atoms with van der Waals surface area (Å²) in [6.07, 6.45) is 5.46. The Labute approximate surface area is 193 Å². The van der Waals surface area contributed by atoms with Crippen molar-refractivity contribution in [1.82, 2.24) is 10.2 Å². The van der Waals surface area contributed by atoms with Gasteiger partial charge < -0.3 is 10.0 Å². The molecule has 5 nitrogen and oxygen atoms in total. The molecular formula is C28H27N3O2. The van der Waals surface area contributed by atoms with Crippen LogP contribution in [0.2, 0.25) is 0 Å². The van der Waals surface area contributed by atoms with Crippen molar-refractivity contribution >= 4 is 39.8 Å². The standard InChI is InChI=1S/C28H27N3O2/c1-4-25(20-10-13-24(14-11-20)31(2)3)28(22-12-15-26-23(17-22)18-29-30-26)21-8-5-19(6-9-21)7-16-27(32)33/h5-18H,4H2,1-3H3,(H,29,30)(H,32,33)/b16-7+,28-25+. The van der Waals surface area contributed by atoms with Gasteiger partial charge in [0, 0.05) is 31.2 Å². The van der Waals surface area contributed by atoms with E-state index in [2.05, 4.69) is 76.6 Å². The number of aromatic nitrogens is 2. The predicted octanol–water partition coefficient (Wildman–Crippen LogP) is 6.10. The van der Waals surface area contributed by atoms with E-state index in [0.29, 0.717) is 0 Å². The molecule has 5 heteroatoms. The number of fused-ring (bicyclic) bond motifs is 1. The molecule has 0 aliphatic carbocycles. The van der Waals surface area contributed by atoms with E-state index in [-0.39, 0.29) is 0 Å². The monoisotopic (exact) mass is 437 g/mol. The number of allylic oxidation sites excluding steroid dienone is 1. The Morgan fingerprint density at radius 2 is 1.64 bits per heavy atom. The molecule has 4 rings (SSSR count). The maximum absolute atomic E-state index is 10.9. The first-order chi connectivity index (χ1) is 16.0. The summed E-state index contributed by atoms with van der Waals surface area (Å²) < 4.78 is 0. The molecule has 4 aromatic rings. The third-order valence-electron chi connectivity index (χ3n) is 5.73. The molecule has 0 bridgehead atoms. The molecule has 3 aromatic carbocycles. The summed E-state index contributed by atoms with van der Waals surface area (Å²) in [6, 6.07) is 23.0. The zero-order valence-electron chi connectivity index (χ0n) is 19.0. The smallest absolute Gasteiger partial charge is 0.328 e. The lowest BCUT2D eigenvalue weighted by Crippen LogP contribution is -2.08. The van der Waals surface area contributed by atoms with Crippen molar-refractivity contribution in [1.29, 1.82) is 0 Å². The van der Waals surface area contributed by atoms with E-state index >= 15 is 0 Å². The third kappa shape index (κ3) is 4.88. The molecule has 2 N–H and O–H groups in total. The van der Waals surface area contributed by atoms with Gasteiger partial charge in [-0.25, -0.2) is 4.79 Å². The molecule has 0 saturated heterocycles. The van der Waals surface area contributed by atoms with Crippen LogP contribution < -0.4 is 4.90 Å². The minimum Gasteiger partial charge on any atom is -0.478 e. The summed E-state index contributed by atoms with van der Waals surface area (Å²) >= 11 is 0. The summed E-state index contributed by atoms with van der Waals surface area (Å²) in [4.78, 5) is 13.0. The summed E-state index contributed by atoms with van der Waals surface area (Å²) in [5.41, 5.74) is 8.79. The number of rotatable bonds is 7. The maximum Gasteiger partial charge on any atom is 0.328 e. The summed E-state index contributed by atoms with van der Waals surface area (Å²) in [5.74, 6) is -0.956. The number of hydrogen-bond donors (Lipinski definition) is 2. The molecule has 1 aromatic heterocycles. The van der Waals surface area contributed by atoms with Crippen LogP contribution in [0.1, 0.15) is 35.6 Å². The Bertz CT molecular complexity index is 1330. The van der Waals surface area contributed by atoms with Crippen molar-refractivity contribution in [2.75, 3.05) is 19.0 Å². The van der Waals surface area contributed by atoms with Gasteiger partial charge in [0.1, 0.15) is 0 Å². The first-order valence-electron chi connectivity index (χ1n) is 10.9. The van der Waals surface area contributed by atoms with Gasteiger partial charge in [-0.2, -0.15) is 5.10 Å². The molecule has 0 unspecified atom stereocenters. The maximum atomic E-state index is 10.9. The van der Waals surface area contributed by atoms with Crippen molar-refractivity contribution in [2.45, 2.75) is 13.3 Å². The van der Waals surface area contributed by atoms with Crippen LogP contribution in [-0.4, -0.2) is 35.4 Å². The third-order valence-corrected chi connectivity index (χ3v) is 5.73. The predicted molar refractivity (Wildman–Crippen MR) is 136 cm³/mol. The van der Waals surface area contributed by atoms with Gasteiger partial charge in [0.15, 0.2) is 0 Å². The van der Waals surface area contributed by atoms with Crippen LogP contribution in [0.4, 0.5) is 5.69 Å². The van der Waals surface area contributed by atoms with Gasteiger partial charge >= 0.3 is 5.97 Å². The van der Waals surface area contributed by atoms with E-state index in [1.54, 1.807) is 6.08 Å². The van der Waals surface area contributed by atoms with Crippen LogP contribution in [0.15, 0.2) is 79.0 Å². The largest absolute Gasteiger partial charge is 0.478 e. The number of aromatic amines is 1. The molecule has 0 aliphatic rings. The summed E-state index contributed by atoms with van der Waals surface area (Å²) in [6.45, 7) is 2.18. The number of hydrogen-bond acceptors (Lipinski definition) is 3. The Morgan fingerprint density at radius 3 is 2.27 bits per heavy atom. The van der Waals surface area contributed by atoms with Crippen molar-refractivity contribution < 1.29 is 9.90 Å². The Balaban J connectivity index is 1.88. The minimum atomic E-state index is -0.956. The van der Waals surface area contributed by atoms with Crippen LogP contribution in [0, 0.1) is 0 Å². The highest BCUT2D eigenvalue weighted by Crippen LogP contribution is 2.36.